The third kappa shape index (κ3) is 2.29. The van der Waals surface area contributed by atoms with Gasteiger partial charge < -0.3 is 5.73 Å². The maximum absolute atomic E-state index is 5.85. The Hall–Kier alpha value is -1.51. The Labute approximate surface area is 91.1 Å². The van der Waals surface area contributed by atoms with Gasteiger partial charge in [-0.15, -0.1) is 0 Å². The van der Waals surface area contributed by atoms with Crippen molar-refractivity contribution in [3.8, 4) is 0 Å². The topological polar surface area (TPSA) is 54.7 Å². The predicted octanol–water partition coefficient (Wildman–Crippen LogP) is 3.06. The molecule has 3 nitrogen and oxygen atoms in total. The number of nitrogens with two attached hydrogens (primary N) is 1. The van der Waals surface area contributed by atoms with Crippen molar-refractivity contribution in [3.63, 3.8) is 0 Å². The van der Waals surface area contributed by atoms with Crippen LogP contribution in [-0.2, 0) is 0 Å². The summed E-state index contributed by atoms with van der Waals surface area (Å²) in [4.78, 5) is 0. The maximum atomic E-state index is 5.85. The van der Waals surface area contributed by atoms with Crippen LogP contribution in [0.4, 0.5) is 5.82 Å². The minimum Gasteiger partial charge on any atom is -0.382 e. The van der Waals surface area contributed by atoms with E-state index in [0.717, 1.165) is 17.7 Å². The summed E-state index contributed by atoms with van der Waals surface area (Å²) < 4.78 is 0. The highest BCUT2D eigenvalue weighted by atomic mass is 15.2. The Balaban J connectivity index is 3.28. The smallest absolute Gasteiger partial charge is 0.153 e. The highest BCUT2D eigenvalue weighted by Gasteiger charge is 2.12. The molecular formula is C12H19N3. The van der Waals surface area contributed by atoms with Gasteiger partial charge in [-0.05, 0) is 38.3 Å². The second-order valence-corrected chi connectivity index (χ2v) is 3.61. The van der Waals surface area contributed by atoms with Gasteiger partial charge in [0.05, 0.1) is 0 Å². The molecule has 0 fully saturated rings. The number of nitrogen functional groups attached to an aromatic ring is 1. The predicted molar refractivity (Wildman–Crippen MR) is 65.4 cm³/mol. The summed E-state index contributed by atoms with van der Waals surface area (Å²) in [5, 5.41) is 6.93. The zero-order valence-electron chi connectivity index (χ0n) is 9.89. The molecule has 0 amide bonds. The van der Waals surface area contributed by atoms with Gasteiger partial charge in [0.25, 0.3) is 0 Å². The van der Waals surface area contributed by atoms with Gasteiger partial charge in [0.1, 0.15) is 0 Å². The van der Waals surface area contributed by atoms with E-state index in [2.05, 4.69) is 36.2 Å². The Morgan fingerprint density at radius 2 is 2.20 bits per heavy atom. The second kappa shape index (κ2) is 4.82. The fraction of sp³-hybridized carbons (Fsp3) is 0.417. The molecule has 3 heteroatoms. The SMILES string of the molecule is C/C=C(C)\C(=C/CC)c1c(N)n[nH]c1C. The fourth-order valence-corrected chi connectivity index (χ4v) is 1.61. The van der Waals surface area contributed by atoms with Crippen molar-refractivity contribution in [2.45, 2.75) is 34.1 Å². The second-order valence-electron chi connectivity index (χ2n) is 3.61. The van der Waals surface area contributed by atoms with Gasteiger partial charge in [-0.25, -0.2) is 0 Å². The van der Waals surface area contributed by atoms with Crippen molar-refractivity contribution in [1.82, 2.24) is 10.2 Å². The molecule has 0 saturated carbocycles. The van der Waals surface area contributed by atoms with Crippen LogP contribution in [0, 0.1) is 6.92 Å². The van der Waals surface area contributed by atoms with Crippen molar-refractivity contribution in [2.75, 3.05) is 5.73 Å². The van der Waals surface area contributed by atoms with E-state index in [-0.39, 0.29) is 0 Å². The Bertz CT molecular complexity index is 377. The number of allylic oxidation sites excluding steroid dienone is 4. The lowest BCUT2D eigenvalue weighted by Crippen LogP contribution is -1.94. The number of aromatic amines is 1. The molecule has 0 bridgehead atoms. The lowest BCUT2D eigenvalue weighted by molar-refractivity contribution is 1.05. The Kier molecular flexibility index (Phi) is 3.72. The van der Waals surface area contributed by atoms with E-state index in [1.54, 1.807) is 0 Å². The van der Waals surface area contributed by atoms with Gasteiger partial charge >= 0.3 is 0 Å². The zero-order valence-corrected chi connectivity index (χ0v) is 9.89. The van der Waals surface area contributed by atoms with Crippen molar-refractivity contribution in [3.05, 3.63) is 29.0 Å². The van der Waals surface area contributed by atoms with Crippen LogP contribution in [0.2, 0.25) is 0 Å². The summed E-state index contributed by atoms with van der Waals surface area (Å²) in [6, 6.07) is 0. The number of hydrogen-bond donors (Lipinski definition) is 2. The maximum Gasteiger partial charge on any atom is 0.153 e. The van der Waals surface area contributed by atoms with Crippen LogP contribution >= 0.6 is 0 Å². The van der Waals surface area contributed by atoms with Gasteiger partial charge in [-0.2, -0.15) is 5.10 Å². The van der Waals surface area contributed by atoms with Gasteiger partial charge in [0.2, 0.25) is 0 Å². The molecule has 1 heterocycles. The van der Waals surface area contributed by atoms with Gasteiger partial charge in [-0.1, -0.05) is 19.1 Å². The molecule has 0 aliphatic heterocycles. The van der Waals surface area contributed by atoms with E-state index < -0.39 is 0 Å². The molecule has 0 spiro atoms. The number of hydrogen-bond acceptors (Lipinski definition) is 2. The number of nitrogens with zero attached hydrogens (tertiary/aromatic N) is 1. The molecule has 82 valence electrons. The van der Waals surface area contributed by atoms with Crippen LogP contribution in [0.15, 0.2) is 17.7 Å². The average Bonchev–Trinajstić information content (AvgIpc) is 2.55. The highest BCUT2D eigenvalue weighted by Crippen LogP contribution is 2.29. The minimum atomic E-state index is 0.577. The molecular weight excluding hydrogens is 186 g/mol. The third-order valence-electron chi connectivity index (χ3n) is 2.51. The lowest BCUT2D eigenvalue weighted by atomic mass is 9.97. The van der Waals surface area contributed by atoms with Crippen LogP contribution in [0.1, 0.15) is 38.4 Å². The molecule has 0 saturated heterocycles. The molecule has 1 aromatic heterocycles. The summed E-state index contributed by atoms with van der Waals surface area (Å²) in [7, 11) is 0. The Morgan fingerprint density at radius 1 is 1.53 bits per heavy atom. The number of aryl methyl sites for hydroxylation is 1. The molecule has 0 aliphatic rings. The van der Waals surface area contributed by atoms with E-state index in [0.29, 0.717) is 5.82 Å². The molecule has 0 atom stereocenters. The molecule has 0 unspecified atom stereocenters. The first kappa shape index (κ1) is 11.6. The summed E-state index contributed by atoms with van der Waals surface area (Å²) in [5.41, 5.74) is 10.3. The zero-order chi connectivity index (χ0) is 11.4. The lowest BCUT2D eigenvalue weighted by Gasteiger charge is -2.08. The number of rotatable bonds is 3. The van der Waals surface area contributed by atoms with E-state index >= 15 is 0 Å². The average molecular weight is 205 g/mol. The van der Waals surface area contributed by atoms with Crippen molar-refractivity contribution in [1.29, 1.82) is 0 Å². The van der Waals surface area contributed by atoms with E-state index in [1.807, 2.05) is 13.8 Å². The first-order valence-corrected chi connectivity index (χ1v) is 5.26. The quantitative estimate of drug-likeness (QED) is 0.745. The summed E-state index contributed by atoms with van der Waals surface area (Å²) in [6.07, 6.45) is 5.27. The van der Waals surface area contributed by atoms with Crippen LogP contribution in [-0.4, -0.2) is 10.2 Å². The largest absolute Gasteiger partial charge is 0.382 e. The molecule has 3 N–H and O–H groups in total. The van der Waals surface area contributed by atoms with E-state index in [4.69, 9.17) is 5.73 Å². The normalized spacial score (nSPS) is 13.3. The highest BCUT2D eigenvalue weighted by molar-refractivity contribution is 5.84. The van der Waals surface area contributed by atoms with Crippen LogP contribution in [0.3, 0.4) is 0 Å². The van der Waals surface area contributed by atoms with Crippen molar-refractivity contribution >= 4 is 11.4 Å². The van der Waals surface area contributed by atoms with Gasteiger partial charge in [0.15, 0.2) is 5.82 Å². The van der Waals surface area contributed by atoms with Crippen LogP contribution < -0.4 is 5.73 Å². The molecule has 1 rings (SSSR count). The van der Waals surface area contributed by atoms with Crippen LogP contribution in [0.5, 0.6) is 0 Å². The number of nitrogens with one attached hydrogen (secondary N) is 1. The number of anilines is 1. The first-order valence-electron chi connectivity index (χ1n) is 5.26. The van der Waals surface area contributed by atoms with Crippen molar-refractivity contribution < 1.29 is 0 Å². The summed E-state index contributed by atoms with van der Waals surface area (Å²) in [5.74, 6) is 0.577. The first-order chi connectivity index (χ1) is 7.11. The van der Waals surface area contributed by atoms with E-state index in [9.17, 15) is 0 Å². The molecule has 1 aromatic rings. The fourth-order valence-electron chi connectivity index (χ4n) is 1.61. The summed E-state index contributed by atoms with van der Waals surface area (Å²) in [6.45, 7) is 8.23. The standard InChI is InChI=1S/C12H19N3/c1-5-7-10(8(3)6-2)11-9(4)14-15-12(11)13/h6-7H,5H2,1-4H3,(H3,13,14,15)/b8-6-,10-7+. The molecule has 0 radical (unpaired) electrons. The summed E-state index contributed by atoms with van der Waals surface area (Å²) >= 11 is 0. The minimum absolute atomic E-state index is 0.577. The Morgan fingerprint density at radius 3 is 2.60 bits per heavy atom. The van der Waals surface area contributed by atoms with Crippen molar-refractivity contribution in [2.24, 2.45) is 0 Å². The number of H-pyrrole nitrogens is 1. The number of aromatic nitrogens is 2. The van der Waals surface area contributed by atoms with Gasteiger partial charge in [0, 0.05) is 11.3 Å². The van der Waals surface area contributed by atoms with Crippen LogP contribution in [0.25, 0.3) is 5.57 Å². The van der Waals surface area contributed by atoms with E-state index in [1.165, 1.54) is 11.1 Å². The molecule has 0 aliphatic carbocycles. The van der Waals surface area contributed by atoms with Gasteiger partial charge in [-0.3, -0.25) is 5.10 Å². The third-order valence-corrected chi connectivity index (χ3v) is 2.51. The molecule has 0 aromatic carbocycles. The monoisotopic (exact) mass is 205 g/mol. The molecule has 15 heavy (non-hydrogen) atoms.